The number of hydrogen-bond donors (Lipinski definition) is 0. The van der Waals surface area contributed by atoms with Crippen molar-refractivity contribution in [3.8, 4) is 0 Å². The molecule has 168 valence electrons. The molecule has 3 unspecified atom stereocenters. The minimum Gasteiger partial charge on any atom is -0.466 e. The average Bonchev–Trinajstić information content (AvgIpc) is 3.24. The third kappa shape index (κ3) is 6.78. The van der Waals surface area contributed by atoms with Crippen molar-refractivity contribution < 1.29 is 23.8 Å². The summed E-state index contributed by atoms with van der Waals surface area (Å²) >= 11 is 0. The molecule has 0 aromatic rings. The first-order chi connectivity index (χ1) is 14.6. The Labute approximate surface area is 181 Å². The molecule has 3 rings (SSSR count). The third-order valence-electron chi connectivity index (χ3n) is 6.65. The van der Waals surface area contributed by atoms with Crippen molar-refractivity contribution in [2.45, 2.75) is 90.4 Å². The van der Waals surface area contributed by atoms with Gasteiger partial charge in [0.25, 0.3) is 0 Å². The van der Waals surface area contributed by atoms with E-state index in [1.54, 1.807) is 6.08 Å². The van der Waals surface area contributed by atoms with Crippen molar-refractivity contribution in [3.05, 3.63) is 23.8 Å². The van der Waals surface area contributed by atoms with Gasteiger partial charge < -0.3 is 14.2 Å². The summed E-state index contributed by atoms with van der Waals surface area (Å²) in [5, 5.41) is 0. The van der Waals surface area contributed by atoms with E-state index in [0.29, 0.717) is 24.9 Å². The number of carbonyl (C=O) groups is 2. The van der Waals surface area contributed by atoms with Gasteiger partial charge in [-0.2, -0.15) is 0 Å². The Morgan fingerprint density at radius 2 is 2.13 bits per heavy atom. The first kappa shape index (κ1) is 23.2. The zero-order valence-corrected chi connectivity index (χ0v) is 18.6. The lowest BCUT2D eigenvalue weighted by atomic mass is 9.88. The maximum absolute atomic E-state index is 12.3. The molecule has 5 nitrogen and oxygen atoms in total. The van der Waals surface area contributed by atoms with Crippen LogP contribution in [0.3, 0.4) is 0 Å². The highest BCUT2D eigenvalue weighted by Crippen LogP contribution is 2.49. The van der Waals surface area contributed by atoms with Gasteiger partial charge in [0.1, 0.15) is 0 Å². The quantitative estimate of drug-likeness (QED) is 0.201. The van der Waals surface area contributed by atoms with Gasteiger partial charge in [-0.25, -0.2) is 0 Å². The first-order valence-electron chi connectivity index (χ1n) is 11.9. The van der Waals surface area contributed by atoms with E-state index >= 15 is 0 Å². The fraction of sp³-hybridized carbons (Fsp3) is 0.760. The third-order valence-corrected chi connectivity index (χ3v) is 6.65. The van der Waals surface area contributed by atoms with Gasteiger partial charge in [-0.3, -0.25) is 9.59 Å². The molecule has 0 aromatic carbocycles. The van der Waals surface area contributed by atoms with Crippen molar-refractivity contribution >= 4 is 11.8 Å². The standard InChI is InChI=1S/C25H38O5/c1-3-4-5-8-21(27)10-11-22-23-16-19(12-14-28-18(2)26)15-20(23)17-24(22)30-25-9-6-7-13-29-25/h10-11,15,20,22-25H,3-9,12-14,16-17H2,1-2H3/t20-,22?,23+,24?,25?/m1/s1. The van der Waals surface area contributed by atoms with Crippen LogP contribution >= 0.6 is 0 Å². The Hall–Kier alpha value is -1.46. The molecule has 0 radical (unpaired) electrons. The number of ketones is 1. The Bertz CT molecular complexity index is 631. The lowest BCUT2D eigenvalue weighted by Crippen LogP contribution is -2.30. The summed E-state index contributed by atoms with van der Waals surface area (Å²) in [5.74, 6) is 1.16. The highest BCUT2D eigenvalue weighted by Gasteiger charge is 2.45. The van der Waals surface area contributed by atoms with E-state index in [4.69, 9.17) is 14.2 Å². The summed E-state index contributed by atoms with van der Waals surface area (Å²) in [6.07, 6.45) is 16.1. The van der Waals surface area contributed by atoms with Crippen molar-refractivity contribution in [2.24, 2.45) is 17.8 Å². The van der Waals surface area contributed by atoms with Gasteiger partial charge in [0.2, 0.25) is 0 Å². The van der Waals surface area contributed by atoms with Crippen LogP contribution in [0, 0.1) is 17.8 Å². The minimum absolute atomic E-state index is 0.105. The van der Waals surface area contributed by atoms with E-state index in [9.17, 15) is 9.59 Å². The van der Waals surface area contributed by atoms with Crippen molar-refractivity contribution in [2.75, 3.05) is 13.2 Å². The molecular formula is C25H38O5. The predicted molar refractivity (Wildman–Crippen MR) is 116 cm³/mol. The number of allylic oxidation sites excluding steroid dienone is 2. The molecule has 0 bridgehead atoms. The summed E-state index contributed by atoms with van der Waals surface area (Å²) in [6, 6.07) is 0. The van der Waals surface area contributed by atoms with Crippen LogP contribution in [0.1, 0.15) is 78.1 Å². The van der Waals surface area contributed by atoms with Gasteiger partial charge in [-0.1, -0.05) is 37.5 Å². The van der Waals surface area contributed by atoms with E-state index in [1.807, 2.05) is 0 Å². The van der Waals surface area contributed by atoms with Gasteiger partial charge >= 0.3 is 5.97 Å². The lowest BCUT2D eigenvalue weighted by Gasteiger charge is -2.29. The van der Waals surface area contributed by atoms with E-state index in [-0.39, 0.29) is 30.1 Å². The van der Waals surface area contributed by atoms with E-state index < -0.39 is 0 Å². The number of carbonyl (C=O) groups excluding carboxylic acids is 2. The molecular weight excluding hydrogens is 380 g/mol. The number of rotatable bonds is 11. The monoisotopic (exact) mass is 418 g/mol. The molecule has 1 aliphatic heterocycles. The van der Waals surface area contributed by atoms with Crippen LogP contribution in [-0.2, 0) is 23.8 Å². The van der Waals surface area contributed by atoms with Crippen LogP contribution in [0.25, 0.3) is 0 Å². The second-order valence-corrected chi connectivity index (χ2v) is 9.01. The van der Waals surface area contributed by atoms with Crippen LogP contribution in [0.2, 0.25) is 0 Å². The maximum atomic E-state index is 12.3. The molecule has 2 aliphatic carbocycles. The zero-order valence-electron chi connectivity index (χ0n) is 18.6. The van der Waals surface area contributed by atoms with Gasteiger partial charge in [0.05, 0.1) is 12.7 Å². The number of fused-ring (bicyclic) bond motifs is 1. The maximum Gasteiger partial charge on any atom is 0.302 e. The SMILES string of the molecule is CCCCCC(=O)C=CC1C(OC2CCCCO2)C[C@H]2C=C(CCOC(C)=O)C[C@H]12. The Balaban J connectivity index is 1.61. The Morgan fingerprint density at radius 3 is 2.87 bits per heavy atom. The van der Waals surface area contributed by atoms with Crippen LogP contribution in [0.15, 0.2) is 23.8 Å². The number of ether oxygens (including phenoxy) is 3. The summed E-state index contributed by atoms with van der Waals surface area (Å²) < 4.78 is 17.3. The topological polar surface area (TPSA) is 61.8 Å². The summed E-state index contributed by atoms with van der Waals surface area (Å²) in [5.41, 5.74) is 1.37. The Morgan fingerprint density at radius 1 is 1.27 bits per heavy atom. The molecule has 0 aromatic heterocycles. The fourth-order valence-corrected chi connectivity index (χ4v) is 5.10. The predicted octanol–water partition coefficient (Wildman–Crippen LogP) is 5.14. The molecule has 5 heteroatoms. The summed E-state index contributed by atoms with van der Waals surface area (Å²) in [4.78, 5) is 23.3. The van der Waals surface area contributed by atoms with Gasteiger partial charge in [0, 0.05) is 32.3 Å². The minimum atomic E-state index is -0.225. The van der Waals surface area contributed by atoms with Crippen molar-refractivity contribution in [3.63, 3.8) is 0 Å². The lowest BCUT2D eigenvalue weighted by molar-refractivity contribution is -0.192. The molecule has 1 saturated heterocycles. The largest absolute Gasteiger partial charge is 0.466 e. The molecule has 30 heavy (non-hydrogen) atoms. The van der Waals surface area contributed by atoms with Crippen LogP contribution < -0.4 is 0 Å². The molecule has 5 atom stereocenters. The van der Waals surface area contributed by atoms with Gasteiger partial charge in [-0.15, -0.1) is 0 Å². The van der Waals surface area contributed by atoms with E-state index in [1.165, 1.54) is 12.5 Å². The number of hydrogen-bond acceptors (Lipinski definition) is 5. The van der Waals surface area contributed by atoms with Gasteiger partial charge in [-0.05, 0) is 56.4 Å². The van der Waals surface area contributed by atoms with Crippen LogP contribution in [0.5, 0.6) is 0 Å². The molecule has 0 spiro atoms. The van der Waals surface area contributed by atoms with Crippen molar-refractivity contribution in [1.82, 2.24) is 0 Å². The summed E-state index contributed by atoms with van der Waals surface area (Å²) in [6.45, 7) is 4.83. The van der Waals surface area contributed by atoms with Crippen molar-refractivity contribution in [1.29, 1.82) is 0 Å². The Kier molecular flexibility index (Phi) is 9.13. The first-order valence-corrected chi connectivity index (χ1v) is 11.9. The fourth-order valence-electron chi connectivity index (χ4n) is 5.10. The average molecular weight is 419 g/mol. The number of unbranched alkanes of at least 4 members (excludes halogenated alkanes) is 2. The highest BCUT2D eigenvalue weighted by atomic mass is 16.7. The van der Waals surface area contributed by atoms with E-state index in [2.05, 4.69) is 19.1 Å². The molecule has 0 N–H and O–H groups in total. The normalized spacial score (nSPS) is 31.0. The molecule has 1 saturated carbocycles. The van der Waals surface area contributed by atoms with Crippen LogP contribution in [-0.4, -0.2) is 37.4 Å². The second kappa shape index (κ2) is 11.8. The highest BCUT2D eigenvalue weighted by molar-refractivity contribution is 5.89. The summed E-state index contributed by atoms with van der Waals surface area (Å²) in [7, 11) is 0. The second-order valence-electron chi connectivity index (χ2n) is 9.01. The van der Waals surface area contributed by atoms with E-state index in [0.717, 1.165) is 64.4 Å². The van der Waals surface area contributed by atoms with Gasteiger partial charge in [0.15, 0.2) is 12.1 Å². The molecule has 1 heterocycles. The number of esters is 1. The van der Waals surface area contributed by atoms with Crippen LogP contribution in [0.4, 0.5) is 0 Å². The molecule has 0 amide bonds. The smallest absolute Gasteiger partial charge is 0.302 e. The molecule has 3 aliphatic rings. The zero-order chi connectivity index (χ0) is 21.3. The molecule has 2 fully saturated rings.